The van der Waals surface area contributed by atoms with Crippen molar-refractivity contribution in [3.05, 3.63) is 29.1 Å². The Labute approximate surface area is 124 Å². The fourth-order valence-corrected chi connectivity index (χ4v) is 3.29. The van der Waals surface area contributed by atoms with Gasteiger partial charge in [-0.2, -0.15) is 5.26 Å². The summed E-state index contributed by atoms with van der Waals surface area (Å²) < 4.78 is 5.80. The van der Waals surface area contributed by atoms with Gasteiger partial charge in [0.25, 0.3) is 5.91 Å². The summed E-state index contributed by atoms with van der Waals surface area (Å²) in [6, 6.07) is 5.59. The Bertz CT molecular complexity index is 592. The topological polar surface area (TPSA) is 66.2 Å². The van der Waals surface area contributed by atoms with Crippen LogP contribution in [0.4, 0.5) is 0 Å². The lowest BCUT2D eigenvalue weighted by Gasteiger charge is -2.43. The zero-order valence-corrected chi connectivity index (χ0v) is 12.2. The number of aryl methyl sites for hydroxylation is 1. The van der Waals surface area contributed by atoms with E-state index < -0.39 is 0 Å². The van der Waals surface area contributed by atoms with Crippen LogP contribution in [0.3, 0.4) is 0 Å². The molecular formula is C16H19N3O2. The van der Waals surface area contributed by atoms with E-state index >= 15 is 0 Å². The molecule has 2 atom stereocenters. The van der Waals surface area contributed by atoms with Crippen molar-refractivity contribution in [3.8, 4) is 6.07 Å². The lowest BCUT2D eigenvalue weighted by Crippen LogP contribution is -2.55. The molecule has 2 aliphatic rings. The van der Waals surface area contributed by atoms with Gasteiger partial charge in [0.15, 0.2) is 0 Å². The molecule has 5 heteroatoms. The fraction of sp³-hybridized carbons (Fsp3) is 0.562. The number of fused-ring (bicyclic) bond motifs is 1. The maximum Gasteiger partial charge on any atom is 0.272 e. The first-order chi connectivity index (χ1) is 10.2. The summed E-state index contributed by atoms with van der Waals surface area (Å²) in [6.45, 7) is 2.99. The smallest absolute Gasteiger partial charge is 0.272 e. The van der Waals surface area contributed by atoms with Crippen molar-refractivity contribution in [3.63, 3.8) is 0 Å². The van der Waals surface area contributed by atoms with Gasteiger partial charge in [-0.3, -0.25) is 4.79 Å². The molecule has 0 spiro atoms. The molecule has 2 unspecified atom stereocenters. The number of pyridine rings is 1. The van der Waals surface area contributed by atoms with Gasteiger partial charge in [0.1, 0.15) is 11.8 Å². The first-order valence-electron chi connectivity index (χ1n) is 7.51. The number of ether oxygens (including phenoxy) is 1. The fourth-order valence-electron chi connectivity index (χ4n) is 3.29. The largest absolute Gasteiger partial charge is 0.374 e. The minimum absolute atomic E-state index is 0.0391. The van der Waals surface area contributed by atoms with Crippen molar-refractivity contribution in [2.24, 2.45) is 0 Å². The quantitative estimate of drug-likeness (QED) is 0.792. The van der Waals surface area contributed by atoms with Crippen LogP contribution in [0, 0.1) is 18.3 Å². The highest BCUT2D eigenvalue weighted by molar-refractivity contribution is 5.92. The van der Waals surface area contributed by atoms with Crippen molar-refractivity contribution in [1.29, 1.82) is 5.26 Å². The number of carbonyl (C=O) groups excluding carboxylic acids is 1. The standard InChI is InChI=1S/C16H19N3O2/c1-11-12(10-17)6-7-13(18-11)16(20)19-8-9-21-15-5-3-2-4-14(15)19/h6-7,14-15H,2-5,8-9H2,1H3. The summed E-state index contributed by atoms with van der Waals surface area (Å²) in [4.78, 5) is 19.0. The SMILES string of the molecule is Cc1nc(C(=O)N2CCOC3CCCCC32)ccc1C#N. The highest BCUT2D eigenvalue weighted by atomic mass is 16.5. The van der Waals surface area contributed by atoms with Gasteiger partial charge in [-0.15, -0.1) is 0 Å². The number of rotatable bonds is 1. The minimum Gasteiger partial charge on any atom is -0.374 e. The highest BCUT2D eigenvalue weighted by Gasteiger charge is 2.37. The summed E-state index contributed by atoms with van der Waals surface area (Å²) >= 11 is 0. The van der Waals surface area contributed by atoms with Crippen LogP contribution >= 0.6 is 0 Å². The van der Waals surface area contributed by atoms with Gasteiger partial charge >= 0.3 is 0 Å². The third-order valence-corrected chi connectivity index (χ3v) is 4.42. The third-order valence-electron chi connectivity index (χ3n) is 4.42. The van der Waals surface area contributed by atoms with E-state index in [2.05, 4.69) is 11.1 Å². The van der Waals surface area contributed by atoms with Gasteiger partial charge in [-0.1, -0.05) is 12.8 Å². The molecule has 2 fully saturated rings. The van der Waals surface area contributed by atoms with Gasteiger partial charge in [0, 0.05) is 6.54 Å². The third kappa shape index (κ3) is 2.64. The van der Waals surface area contributed by atoms with E-state index in [0.717, 1.165) is 19.3 Å². The van der Waals surface area contributed by atoms with Crippen LogP contribution in [0.2, 0.25) is 0 Å². The number of nitrogens with zero attached hydrogens (tertiary/aromatic N) is 3. The lowest BCUT2D eigenvalue weighted by atomic mass is 9.90. The molecular weight excluding hydrogens is 266 g/mol. The van der Waals surface area contributed by atoms with Gasteiger partial charge < -0.3 is 9.64 Å². The predicted octanol–water partition coefficient (Wildman–Crippen LogP) is 2.05. The Balaban J connectivity index is 1.83. The van der Waals surface area contributed by atoms with Crippen LogP contribution in [-0.4, -0.2) is 41.1 Å². The van der Waals surface area contributed by atoms with Crippen LogP contribution in [0.1, 0.15) is 47.4 Å². The number of nitriles is 1. The Morgan fingerprint density at radius 2 is 2.24 bits per heavy atom. The summed E-state index contributed by atoms with van der Waals surface area (Å²) in [5.74, 6) is -0.0391. The molecule has 1 saturated carbocycles. The molecule has 2 heterocycles. The first kappa shape index (κ1) is 14.0. The van der Waals surface area contributed by atoms with Gasteiger partial charge in [0.2, 0.25) is 0 Å². The van der Waals surface area contributed by atoms with Crippen LogP contribution < -0.4 is 0 Å². The second-order valence-electron chi connectivity index (χ2n) is 5.70. The lowest BCUT2D eigenvalue weighted by molar-refractivity contribution is -0.0754. The van der Waals surface area contributed by atoms with Gasteiger partial charge in [-0.05, 0) is 31.9 Å². The van der Waals surface area contributed by atoms with Crippen molar-refractivity contribution < 1.29 is 9.53 Å². The molecule has 21 heavy (non-hydrogen) atoms. The Kier molecular flexibility index (Phi) is 3.89. The van der Waals surface area contributed by atoms with E-state index in [4.69, 9.17) is 10.00 Å². The number of aromatic nitrogens is 1. The molecule has 110 valence electrons. The van der Waals surface area contributed by atoms with Crippen LogP contribution in [0.15, 0.2) is 12.1 Å². The number of morpholine rings is 1. The summed E-state index contributed by atoms with van der Waals surface area (Å²) in [5, 5.41) is 8.95. The number of hydrogen-bond donors (Lipinski definition) is 0. The molecule has 1 aromatic rings. The van der Waals surface area contributed by atoms with E-state index in [-0.39, 0.29) is 18.1 Å². The van der Waals surface area contributed by atoms with E-state index in [1.165, 1.54) is 6.42 Å². The average Bonchev–Trinajstić information content (AvgIpc) is 2.53. The van der Waals surface area contributed by atoms with Gasteiger partial charge in [-0.25, -0.2) is 4.98 Å². The molecule has 0 bridgehead atoms. The molecule has 0 radical (unpaired) electrons. The molecule has 1 aliphatic carbocycles. The number of carbonyl (C=O) groups is 1. The Morgan fingerprint density at radius 3 is 3.00 bits per heavy atom. The normalized spacial score (nSPS) is 25.0. The van der Waals surface area contributed by atoms with Crippen LogP contribution in [0.25, 0.3) is 0 Å². The van der Waals surface area contributed by atoms with E-state index in [1.54, 1.807) is 19.1 Å². The minimum atomic E-state index is -0.0391. The van der Waals surface area contributed by atoms with Crippen molar-refractivity contribution in [2.45, 2.75) is 44.8 Å². The van der Waals surface area contributed by atoms with Crippen molar-refractivity contribution in [2.75, 3.05) is 13.2 Å². The van der Waals surface area contributed by atoms with Crippen molar-refractivity contribution in [1.82, 2.24) is 9.88 Å². The van der Waals surface area contributed by atoms with Crippen LogP contribution in [-0.2, 0) is 4.74 Å². The molecule has 5 nitrogen and oxygen atoms in total. The molecule has 0 aromatic carbocycles. The second-order valence-corrected chi connectivity index (χ2v) is 5.70. The zero-order valence-electron chi connectivity index (χ0n) is 12.2. The first-order valence-corrected chi connectivity index (χ1v) is 7.51. The monoisotopic (exact) mass is 285 g/mol. The molecule has 0 N–H and O–H groups in total. The molecule has 1 saturated heterocycles. The molecule has 1 aromatic heterocycles. The van der Waals surface area contributed by atoms with Crippen molar-refractivity contribution >= 4 is 5.91 Å². The van der Waals surface area contributed by atoms with Gasteiger partial charge in [0.05, 0.1) is 30.0 Å². The van der Waals surface area contributed by atoms with E-state index in [1.807, 2.05) is 4.90 Å². The maximum atomic E-state index is 12.7. The number of hydrogen-bond acceptors (Lipinski definition) is 4. The zero-order chi connectivity index (χ0) is 14.8. The molecule has 1 aliphatic heterocycles. The summed E-state index contributed by atoms with van der Waals surface area (Å²) in [6.07, 6.45) is 4.54. The highest BCUT2D eigenvalue weighted by Crippen LogP contribution is 2.29. The summed E-state index contributed by atoms with van der Waals surface area (Å²) in [5.41, 5.74) is 1.55. The maximum absolute atomic E-state index is 12.7. The number of amides is 1. The van der Waals surface area contributed by atoms with E-state index in [0.29, 0.717) is 30.1 Å². The average molecular weight is 285 g/mol. The second kappa shape index (κ2) is 5.82. The molecule has 1 amide bonds. The molecule has 3 rings (SSSR count). The Hall–Kier alpha value is -1.93. The Morgan fingerprint density at radius 1 is 1.43 bits per heavy atom. The summed E-state index contributed by atoms with van der Waals surface area (Å²) in [7, 11) is 0. The predicted molar refractivity (Wildman–Crippen MR) is 76.7 cm³/mol. The van der Waals surface area contributed by atoms with E-state index in [9.17, 15) is 4.79 Å². The van der Waals surface area contributed by atoms with Crippen LogP contribution in [0.5, 0.6) is 0 Å².